The number of ketones is 1. The number of aryl methyl sites for hydroxylation is 1. The fourth-order valence-electron chi connectivity index (χ4n) is 4.03. The summed E-state index contributed by atoms with van der Waals surface area (Å²) in [7, 11) is 3.82. The topological polar surface area (TPSA) is 71.8 Å². The quantitative estimate of drug-likeness (QED) is 0.576. The summed E-state index contributed by atoms with van der Waals surface area (Å²) in [6, 6.07) is 10.5. The molecule has 30 heavy (non-hydrogen) atoms. The molecular formula is C23H25N3O4. The minimum Gasteiger partial charge on any atom is -0.442 e. The van der Waals surface area contributed by atoms with Crippen molar-refractivity contribution in [2.24, 2.45) is 0 Å². The summed E-state index contributed by atoms with van der Waals surface area (Å²) in [4.78, 5) is 40.8. The van der Waals surface area contributed by atoms with Crippen LogP contribution in [0.4, 0.5) is 10.5 Å². The van der Waals surface area contributed by atoms with Gasteiger partial charge < -0.3 is 14.2 Å². The Bertz CT molecular complexity index is 1070. The molecule has 1 atom stereocenters. The fraction of sp³-hybridized carbons (Fsp3) is 0.348. The molecule has 1 aromatic heterocycles. The van der Waals surface area contributed by atoms with Crippen molar-refractivity contribution in [2.45, 2.75) is 31.9 Å². The first-order chi connectivity index (χ1) is 14.4. The van der Waals surface area contributed by atoms with E-state index in [1.807, 2.05) is 37.3 Å². The van der Waals surface area contributed by atoms with Crippen molar-refractivity contribution in [3.8, 4) is 0 Å². The Morgan fingerprint density at radius 2 is 1.97 bits per heavy atom. The van der Waals surface area contributed by atoms with Crippen molar-refractivity contribution in [2.75, 3.05) is 25.5 Å². The second kappa shape index (κ2) is 8.18. The highest BCUT2D eigenvalue weighted by atomic mass is 16.6. The monoisotopic (exact) mass is 407 g/mol. The molecule has 1 fully saturated rings. The molecule has 156 valence electrons. The third-order valence-electron chi connectivity index (χ3n) is 5.42. The number of hydrogen-bond acceptors (Lipinski definition) is 5. The van der Waals surface area contributed by atoms with E-state index < -0.39 is 12.2 Å². The van der Waals surface area contributed by atoms with Gasteiger partial charge in [0.15, 0.2) is 5.78 Å². The van der Waals surface area contributed by atoms with Crippen LogP contribution in [0.5, 0.6) is 0 Å². The lowest BCUT2D eigenvalue weighted by Gasteiger charge is -2.16. The molecule has 1 amide bonds. The van der Waals surface area contributed by atoms with Crippen LogP contribution in [0.1, 0.15) is 28.8 Å². The average molecular weight is 407 g/mol. The summed E-state index contributed by atoms with van der Waals surface area (Å²) in [5.41, 5.74) is 3.05. The maximum absolute atomic E-state index is 12.9. The zero-order valence-corrected chi connectivity index (χ0v) is 17.2. The first kappa shape index (κ1) is 19.9. The predicted octanol–water partition coefficient (Wildman–Crippen LogP) is 2.84. The van der Waals surface area contributed by atoms with Crippen molar-refractivity contribution in [3.05, 3.63) is 75.8 Å². The lowest BCUT2D eigenvalue weighted by Crippen LogP contribution is -2.29. The van der Waals surface area contributed by atoms with Gasteiger partial charge in [0.25, 0.3) is 5.56 Å². The van der Waals surface area contributed by atoms with Gasteiger partial charge in [0.2, 0.25) is 0 Å². The van der Waals surface area contributed by atoms with Crippen LogP contribution in [0.15, 0.2) is 59.2 Å². The van der Waals surface area contributed by atoms with Gasteiger partial charge in [-0.15, -0.1) is 0 Å². The standard InChI is InChI=1S/C23H25N3O4/c1-24(2)13-17-7-5-6-16-12-18(9-10-20(16)22(17)28)26-15-19(30-23(26)29)14-25-11-4-3-8-21(25)27/h3-4,8-13,19H,5-7,14-15H2,1-2H3/b17-13+/t19-/m0/s1. The van der Waals surface area contributed by atoms with E-state index in [-0.39, 0.29) is 11.3 Å². The molecule has 1 aliphatic carbocycles. The molecule has 1 saturated heterocycles. The van der Waals surface area contributed by atoms with Gasteiger partial charge in [-0.2, -0.15) is 0 Å². The smallest absolute Gasteiger partial charge is 0.414 e. The van der Waals surface area contributed by atoms with Crippen LogP contribution in [0, 0.1) is 0 Å². The molecule has 0 bridgehead atoms. The number of amides is 1. The number of aromatic nitrogens is 1. The third-order valence-corrected chi connectivity index (χ3v) is 5.42. The lowest BCUT2D eigenvalue weighted by atomic mass is 9.99. The Balaban J connectivity index is 1.55. The van der Waals surface area contributed by atoms with Gasteiger partial charge in [-0.25, -0.2) is 4.79 Å². The van der Waals surface area contributed by atoms with E-state index in [2.05, 4.69) is 0 Å². The van der Waals surface area contributed by atoms with E-state index in [1.165, 1.54) is 10.6 Å². The molecular weight excluding hydrogens is 382 g/mol. The zero-order chi connectivity index (χ0) is 21.3. The first-order valence-electron chi connectivity index (χ1n) is 10.1. The molecule has 2 heterocycles. The largest absolute Gasteiger partial charge is 0.442 e. The molecule has 0 saturated carbocycles. The van der Waals surface area contributed by atoms with Crippen LogP contribution in [0.3, 0.4) is 0 Å². The van der Waals surface area contributed by atoms with Gasteiger partial charge in [0.05, 0.1) is 13.1 Å². The van der Waals surface area contributed by atoms with E-state index in [0.29, 0.717) is 18.7 Å². The van der Waals surface area contributed by atoms with Gasteiger partial charge in [-0.05, 0) is 49.1 Å². The number of benzene rings is 1. The summed E-state index contributed by atoms with van der Waals surface area (Å²) in [6.45, 7) is 0.669. The van der Waals surface area contributed by atoms with Gasteiger partial charge in [0.1, 0.15) is 6.10 Å². The number of anilines is 1. The van der Waals surface area contributed by atoms with E-state index in [0.717, 1.165) is 36.1 Å². The molecule has 0 unspecified atom stereocenters. The Kier molecular flexibility index (Phi) is 5.44. The number of nitrogens with zero attached hydrogens (tertiary/aromatic N) is 3. The molecule has 7 nitrogen and oxygen atoms in total. The molecule has 1 aromatic carbocycles. The van der Waals surface area contributed by atoms with E-state index in [9.17, 15) is 14.4 Å². The van der Waals surface area contributed by atoms with E-state index in [1.54, 1.807) is 29.3 Å². The number of Topliss-reactive ketones (excluding diaryl/α,β-unsaturated/α-hetero) is 1. The van der Waals surface area contributed by atoms with Crippen LogP contribution < -0.4 is 10.5 Å². The molecule has 0 radical (unpaired) electrons. The predicted molar refractivity (Wildman–Crippen MR) is 114 cm³/mol. The summed E-state index contributed by atoms with van der Waals surface area (Å²) in [6.07, 6.45) is 5.13. The van der Waals surface area contributed by atoms with Crippen LogP contribution in [0.2, 0.25) is 0 Å². The van der Waals surface area contributed by atoms with Crippen molar-refractivity contribution in [1.29, 1.82) is 0 Å². The van der Waals surface area contributed by atoms with Crippen molar-refractivity contribution >= 4 is 17.6 Å². The second-order valence-electron chi connectivity index (χ2n) is 7.95. The normalized spacial score (nSPS) is 20.1. The van der Waals surface area contributed by atoms with Crippen LogP contribution in [0.25, 0.3) is 0 Å². The number of fused-ring (bicyclic) bond motifs is 1. The molecule has 1 aliphatic heterocycles. The average Bonchev–Trinajstić information content (AvgIpc) is 3.00. The number of allylic oxidation sites excluding steroid dienone is 1. The Morgan fingerprint density at radius 3 is 2.73 bits per heavy atom. The minimum absolute atomic E-state index is 0.0491. The second-order valence-corrected chi connectivity index (χ2v) is 7.95. The maximum atomic E-state index is 12.9. The van der Waals surface area contributed by atoms with E-state index in [4.69, 9.17) is 4.74 Å². The fourth-order valence-corrected chi connectivity index (χ4v) is 4.03. The minimum atomic E-state index is -0.433. The molecule has 7 heteroatoms. The summed E-state index contributed by atoms with van der Waals surface area (Å²) < 4.78 is 7.02. The van der Waals surface area contributed by atoms with Gasteiger partial charge in [-0.3, -0.25) is 14.5 Å². The van der Waals surface area contributed by atoms with Crippen molar-refractivity contribution in [1.82, 2.24) is 9.47 Å². The van der Waals surface area contributed by atoms with Crippen molar-refractivity contribution in [3.63, 3.8) is 0 Å². The first-order valence-corrected chi connectivity index (χ1v) is 10.1. The zero-order valence-electron chi connectivity index (χ0n) is 17.2. The number of rotatable bonds is 4. The summed E-state index contributed by atoms with van der Waals surface area (Å²) in [5, 5.41) is 0. The molecule has 2 aliphatic rings. The third kappa shape index (κ3) is 4.01. The van der Waals surface area contributed by atoms with Gasteiger partial charge >= 0.3 is 6.09 Å². The molecule has 0 spiro atoms. The lowest BCUT2D eigenvalue weighted by molar-refractivity contribution is 0.103. The number of carbonyl (C=O) groups is 2. The van der Waals surface area contributed by atoms with Crippen molar-refractivity contribution < 1.29 is 14.3 Å². The highest BCUT2D eigenvalue weighted by Crippen LogP contribution is 2.30. The number of carbonyl (C=O) groups excluding carboxylic acids is 2. The Hall–Kier alpha value is -3.35. The van der Waals surface area contributed by atoms with Crippen LogP contribution in [-0.4, -0.2) is 48.1 Å². The molecule has 0 N–H and O–H groups in total. The highest BCUT2D eigenvalue weighted by Gasteiger charge is 2.33. The van der Waals surface area contributed by atoms with Gasteiger partial charge in [-0.1, -0.05) is 6.07 Å². The highest BCUT2D eigenvalue weighted by molar-refractivity contribution is 6.10. The van der Waals surface area contributed by atoms with Crippen LogP contribution >= 0.6 is 0 Å². The SMILES string of the molecule is CN(C)/C=C1\CCCc2cc(N3C[C@H](Cn4ccccc4=O)OC3=O)ccc2C1=O. The van der Waals surface area contributed by atoms with Gasteiger partial charge in [0, 0.05) is 49.4 Å². The summed E-state index contributed by atoms with van der Waals surface area (Å²) >= 11 is 0. The number of cyclic esters (lactones) is 1. The molecule has 4 rings (SSSR count). The van der Waals surface area contributed by atoms with E-state index >= 15 is 0 Å². The summed E-state index contributed by atoms with van der Waals surface area (Å²) in [5.74, 6) is 0.0491. The number of pyridine rings is 1. The Morgan fingerprint density at radius 1 is 1.13 bits per heavy atom. The maximum Gasteiger partial charge on any atom is 0.414 e. The Labute approximate surface area is 175 Å². The number of hydrogen-bond donors (Lipinski definition) is 0. The van der Waals surface area contributed by atoms with Crippen LogP contribution in [-0.2, 0) is 17.7 Å². The molecule has 2 aromatic rings. The number of ether oxygens (including phenoxy) is 1.